The number of hydrogen-bond acceptors (Lipinski definition) is 3. The van der Waals surface area contributed by atoms with Gasteiger partial charge in [0, 0.05) is 6.21 Å². The quantitative estimate of drug-likeness (QED) is 0.320. The van der Waals surface area contributed by atoms with Crippen molar-refractivity contribution in [2.24, 2.45) is 4.99 Å². The first-order chi connectivity index (χ1) is 13.0. The number of methoxy groups -OCH3 is 1. The SMILES string of the molecule is COc1cc(C=Nc2ccc(C)cc2)cc(I)c1OCc1cccc(F)c1. The van der Waals surface area contributed by atoms with Crippen LogP contribution in [0.25, 0.3) is 0 Å². The highest BCUT2D eigenvalue weighted by molar-refractivity contribution is 14.1. The molecule has 0 aliphatic rings. The van der Waals surface area contributed by atoms with Crippen LogP contribution < -0.4 is 9.47 Å². The molecule has 0 fully saturated rings. The summed E-state index contributed by atoms with van der Waals surface area (Å²) in [4.78, 5) is 4.50. The molecule has 0 spiro atoms. The Hall–Kier alpha value is -2.41. The first kappa shape index (κ1) is 19.4. The van der Waals surface area contributed by atoms with Crippen molar-refractivity contribution in [1.82, 2.24) is 0 Å². The van der Waals surface area contributed by atoms with Gasteiger partial charge in [-0.15, -0.1) is 0 Å². The lowest BCUT2D eigenvalue weighted by Gasteiger charge is -2.13. The van der Waals surface area contributed by atoms with Crippen LogP contribution in [0.15, 0.2) is 65.7 Å². The summed E-state index contributed by atoms with van der Waals surface area (Å²) in [5, 5.41) is 0. The fraction of sp³-hybridized carbons (Fsp3) is 0.136. The van der Waals surface area contributed by atoms with Gasteiger partial charge in [-0.1, -0.05) is 29.8 Å². The highest BCUT2D eigenvalue weighted by atomic mass is 127. The van der Waals surface area contributed by atoms with E-state index in [1.165, 1.54) is 17.7 Å². The van der Waals surface area contributed by atoms with Crippen LogP contribution in [0.3, 0.4) is 0 Å². The molecule has 0 aliphatic carbocycles. The Morgan fingerprint density at radius 2 is 1.85 bits per heavy atom. The summed E-state index contributed by atoms with van der Waals surface area (Å²) in [6.45, 7) is 2.31. The molecule has 0 aliphatic heterocycles. The summed E-state index contributed by atoms with van der Waals surface area (Å²) in [6.07, 6.45) is 1.80. The van der Waals surface area contributed by atoms with Crippen molar-refractivity contribution in [3.05, 3.63) is 86.7 Å². The molecule has 27 heavy (non-hydrogen) atoms. The Kier molecular flexibility index (Phi) is 6.45. The van der Waals surface area contributed by atoms with Crippen LogP contribution in [-0.2, 0) is 6.61 Å². The minimum Gasteiger partial charge on any atom is -0.493 e. The maximum Gasteiger partial charge on any atom is 0.174 e. The van der Waals surface area contributed by atoms with E-state index in [9.17, 15) is 4.39 Å². The minimum absolute atomic E-state index is 0.265. The Labute approximate surface area is 172 Å². The van der Waals surface area contributed by atoms with Gasteiger partial charge >= 0.3 is 0 Å². The van der Waals surface area contributed by atoms with Crippen molar-refractivity contribution in [3.63, 3.8) is 0 Å². The summed E-state index contributed by atoms with van der Waals surface area (Å²) in [5.41, 5.74) is 3.76. The summed E-state index contributed by atoms with van der Waals surface area (Å²) >= 11 is 2.20. The summed E-state index contributed by atoms with van der Waals surface area (Å²) < 4.78 is 25.6. The van der Waals surface area contributed by atoms with Gasteiger partial charge in [-0.25, -0.2) is 4.39 Å². The normalized spacial score (nSPS) is 11.0. The zero-order valence-corrected chi connectivity index (χ0v) is 17.2. The number of rotatable bonds is 6. The largest absolute Gasteiger partial charge is 0.493 e. The van der Waals surface area contributed by atoms with Gasteiger partial charge in [-0.05, 0) is 77.0 Å². The molecule has 5 heteroatoms. The third kappa shape index (κ3) is 5.29. The molecule has 0 N–H and O–H groups in total. The molecule has 3 aromatic carbocycles. The standard InChI is InChI=1S/C22H19FINO2/c1-15-6-8-19(9-7-15)25-13-17-11-20(24)22(21(12-17)26-2)27-14-16-4-3-5-18(23)10-16/h3-13H,14H2,1-2H3. The van der Waals surface area contributed by atoms with E-state index in [-0.39, 0.29) is 12.4 Å². The predicted octanol–water partition coefficient (Wildman–Crippen LogP) is 6.08. The third-order valence-corrected chi connectivity index (χ3v) is 4.72. The molecule has 3 nitrogen and oxygen atoms in total. The van der Waals surface area contributed by atoms with Crippen LogP contribution in [0.4, 0.5) is 10.1 Å². The van der Waals surface area contributed by atoms with Gasteiger partial charge < -0.3 is 9.47 Å². The van der Waals surface area contributed by atoms with E-state index in [0.29, 0.717) is 11.5 Å². The second-order valence-corrected chi connectivity index (χ2v) is 7.21. The molecule has 3 rings (SSSR count). The lowest BCUT2D eigenvalue weighted by Crippen LogP contribution is -2.01. The van der Waals surface area contributed by atoms with Gasteiger partial charge in [0.15, 0.2) is 11.5 Å². The summed E-state index contributed by atoms with van der Waals surface area (Å²) in [6, 6.07) is 18.2. The van der Waals surface area contributed by atoms with Gasteiger partial charge in [-0.2, -0.15) is 0 Å². The van der Waals surface area contributed by atoms with Crippen LogP contribution in [0, 0.1) is 16.3 Å². The van der Waals surface area contributed by atoms with Crippen molar-refractivity contribution in [2.45, 2.75) is 13.5 Å². The van der Waals surface area contributed by atoms with Crippen molar-refractivity contribution in [2.75, 3.05) is 7.11 Å². The lowest BCUT2D eigenvalue weighted by atomic mass is 10.2. The second-order valence-electron chi connectivity index (χ2n) is 6.05. The van der Waals surface area contributed by atoms with Gasteiger partial charge in [0.05, 0.1) is 16.4 Å². The maximum absolute atomic E-state index is 13.3. The average Bonchev–Trinajstić information content (AvgIpc) is 2.66. The van der Waals surface area contributed by atoms with Gasteiger partial charge in [0.25, 0.3) is 0 Å². The molecule has 3 aromatic rings. The molecule has 0 atom stereocenters. The van der Waals surface area contributed by atoms with Crippen molar-refractivity contribution in [3.8, 4) is 11.5 Å². The molecule has 0 radical (unpaired) electrons. The van der Waals surface area contributed by atoms with Crippen LogP contribution in [-0.4, -0.2) is 13.3 Å². The number of benzene rings is 3. The summed E-state index contributed by atoms with van der Waals surface area (Å²) in [7, 11) is 1.60. The lowest BCUT2D eigenvalue weighted by molar-refractivity contribution is 0.282. The van der Waals surface area contributed by atoms with Gasteiger partial charge in [0.2, 0.25) is 0 Å². The second kappa shape index (κ2) is 8.99. The zero-order chi connectivity index (χ0) is 19.2. The molecule has 0 heterocycles. The molecular formula is C22H19FINO2. The third-order valence-electron chi connectivity index (χ3n) is 3.92. The highest BCUT2D eigenvalue weighted by Crippen LogP contribution is 2.34. The molecule has 0 aromatic heterocycles. The maximum atomic E-state index is 13.3. The van der Waals surface area contributed by atoms with Crippen LogP contribution in [0.5, 0.6) is 11.5 Å². The Morgan fingerprint density at radius 1 is 1.07 bits per heavy atom. The van der Waals surface area contributed by atoms with E-state index in [2.05, 4.69) is 27.6 Å². The molecule has 0 amide bonds. The van der Waals surface area contributed by atoms with E-state index >= 15 is 0 Å². The van der Waals surface area contributed by atoms with Crippen molar-refractivity contribution in [1.29, 1.82) is 0 Å². The Morgan fingerprint density at radius 3 is 2.56 bits per heavy atom. The van der Waals surface area contributed by atoms with Crippen molar-refractivity contribution < 1.29 is 13.9 Å². The van der Waals surface area contributed by atoms with E-state index in [0.717, 1.165) is 20.4 Å². The Balaban J connectivity index is 1.79. The summed E-state index contributed by atoms with van der Waals surface area (Å²) in [5.74, 6) is 0.971. The first-order valence-corrected chi connectivity index (χ1v) is 9.48. The van der Waals surface area contributed by atoms with E-state index < -0.39 is 0 Å². The monoisotopic (exact) mass is 475 g/mol. The molecule has 0 saturated heterocycles. The average molecular weight is 475 g/mol. The number of aryl methyl sites for hydroxylation is 1. The zero-order valence-electron chi connectivity index (χ0n) is 15.1. The van der Waals surface area contributed by atoms with Gasteiger partial charge in [-0.3, -0.25) is 4.99 Å². The molecule has 138 valence electrons. The number of halogens is 2. The topological polar surface area (TPSA) is 30.8 Å². The molecular weight excluding hydrogens is 456 g/mol. The van der Waals surface area contributed by atoms with E-state index in [4.69, 9.17) is 9.47 Å². The fourth-order valence-corrected chi connectivity index (χ4v) is 3.30. The first-order valence-electron chi connectivity index (χ1n) is 8.40. The van der Waals surface area contributed by atoms with Crippen LogP contribution >= 0.6 is 22.6 Å². The Bertz CT molecular complexity index is 955. The number of aliphatic imine (C=N–C) groups is 1. The highest BCUT2D eigenvalue weighted by Gasteiger charge is 2.11. The number of hydrogen-bond donors (Lipinski definition) is 0. The van der Waals surface area contributed by atoms with Crippen LogP contribution in [0.2, 0.25) is 0 Å². The molecule has 0 bridgehead atoms. The van der Waals surface area contributed by atoms with Crippen LogP contribution in [0.1, 0.15) is 16.7 Å². The number of ether oxygens (including phenoxy) is 2. The van der Waals surface area contributed by atoms with E-state index in [1.54, 1.807) is 19.4 Å². The molecule has 0 unspecified atom stereocenters. The van der Waals surface area contributed by atoms with Crippen molar-refractivity contribution >= 4 is 34.5 Å². The smallest absolute Gasteiger partial charge is 0.174 e. The minimum atomic E-state index is -0.277. The number of nitrogens with zero attached hydrogens (tertiary/aromatic N) is 1. The predicted molar refractivity (Wildman–Crippen MR) is 115 cm³/mol. The molecule has 0 saturated carbocycles. The van der Waals surface area contributed by atoms with E-state index in [1.807, 2.05) is 49.4 Å². The van der Waals surface area contributed by atoms with Gasteiger partial charge in [0.1, 0.15) is 12.4 Å². The fourth-order valence-electron chi connectivity index (χ4n) is 2.52.